The number of likely N-dealkylation sites (N-methyl/N-ethyl adjacent to an activating group) is 1. The van der Waals surface area contributed by atoms with Crippen molar-refractivity contribution in [2.75, 3.05) is 43.4 Å². The van der Waals surface area contributed by atoms with Crippen LogP contribution in [0.15, 0.2) is 89.4 Å². The molecule has 0 radical (unpaired) electrons. The standard InChI is InChI=1S/C42H52N6O3/c1-9-28(3)26-37(49)38(48-24-22-47(10-2)23-25-48)30-16-20-33(21-17-30)43-39-41(51)46(8)27-36(44-39)34-12-11-13-35(29(34)4)45-40(50)31-14-18-32(19-15-31)42(5,6)7/h11-21,26-27,38H,9-10,22-25H2,1-8H3,(H,43,44)(H,45,50)/b28-26+. The Kier molecular flexibility index (Phi) is 11.7. The molecule has 0 spiro atoms. The molecule has 268 valence electrons. The first kappa shape index (κ1) is 37.4. The van der Waals surface area contributed by atoms with Crippen LogP contribution in [0, 0.1) is 6.92 Å². The van der Waals surface area contributed by atoms with Crippen LogP contribution in [0.2, 0.25) is 0 Å². The molecule has 3 aromatic carbocycles. The minimum absolute atomic E-state index is 0.00140. The van der Waals surface area contributed by atoms with Crippen molar-refractivity contribution >= 4 is 28.9 Å². The minimum atomic E-state index is -0.368. The van der Waals surface area contributed by atoms with E-state index in [9.17, 15) is 14.4 Å². The molecule has 2 heterocycles. The highest BCUT2D eigenvalue weighted by atomic mass is 16.2. The molecule has 1 saturated heterocycles. The number of nitrogens with one attached hydrogen (secondary N) is 2. The average molecular weight is 689 g/mol. The maximum absolute atomic E-state index is 13.6. The zero-order chi connectivity index (χ0) is 36.9. The molecule has 2 N–H and O–H groups in total. The first-order valence-electron chi connectivity index (χ1n) is 17.9. The van der Waals surface area contributed by atoms with Crippen molar-refractivity contribution in [2.45, 2.75) is 66.3 Å². The van der Waals surface area contributed by atoms with Crippen LogP contribution in [-0.2, 0) is 17.3 Å². The summed E-state index contributed by atoms with van der Waals surface area (Å²) in [4.78, 5) is 49.5. The van der Waals surface area contributed by atoms with Gasteiger partial charge in [-0.1, -0.05) is 76.6 Å². The van der Waals surface area contributed by atoms with Crippen LogP contribution in [0.1, 0.15) is 81.1 Å². The molecule has 0 aliphatic carbocycles. The second kappa shape index (κ2) is 16.0. The maximum Gasteiger partial charge on any atom is 0.293 e. The fraction of sp³-hybridized carbons (Fsp3) is 0.381. The Bertz CT molecular complexity index is 1950. The van der Waals surface area contributed by atoms with E-state index in [-0.39, 0.29) is 34.5 Å². The Hall–Kier alpha value is -4.86. The van der Waals surface area contributed by atoms with Crippen molar-refractivity contribution in [2.24, 2.45) is 7.05 Å². The van der Waals surface area contributed by atoms with Crippen LogP contribution in [0.25, 0.3) is 11.3 Å². The Balaban J connectivity index is 1.37. The summed E-state index contributed by atoms with van der Waals surface area (Å²) in [7, 11) is 1.70. The van der Waals surface area contributed by atoms with Gasteiger partial charge >= 0.3 is 0 Å². The van der Waals surface area contributed by atoms with Crippen molar-refractivity contribution in [1.82, 2.24) is 19.4 Å². The molecule has 4 aromatic rings. The zero-order valence-corrected chi connectivity index (χ0v) is 31.3. The number of hydrogen-bond acceptors (Lipinski definition) is 7. The molecule has 1 unspecified atom stereocenters. The van der Waals surface area contributed by atoms with Crippen LogP contribution in [0.3, 0.4) is 0 Å². The zero-order valence-electron chi connectivity index (χ0n) is 31.3. The number of nitrogens with zero attached hydrogens (tertiary/aromatic N) is 4. The Morgan fingerprint density at radius 1 is 0.941 bits per heavy atom. The smallest absolute Gasteiger partial charge is 0.293 e. The van der Waals surface area contributed by atoms with Crippen molar-refractivity contribution < 1.29 is 9.59 Å². The molecule has 1 aliphatic rings. The number of carbonyl (C=O) groups is 2. The van der Waals surface area contributed by atoms with Crippen LogP contribution >= 0.6 is 0 Å². The third-order valence-corrected chi connectivity index (χ3v) is 9.87. The van der Waals surface area contributed by atoms with Gasteiger partial charge in [0.15, 0.2) is 11.6 Å². The van der Waals surface area contributed by atoms with E-state index in [1.807, 2.05) is 80.6 Å². The van der Waals surface area contributed by atoms with Gasteiger partial charge in [0.1, 0.15) is 0 Å². The number of hydrogen-bond donors (Lipinski definition) is 2. The van der Waals surface area contributed by atoms with E-state index in [1.165, 1.54) is 4.57 Å². The van der Waals surface area contributed by atoms with E-state index in [1.54, 1.807) is 19.3 Å². The van der Waals surface area contributed by atoms with Gasteiger partial charge in [-0.2, -0.15) is 0 Å². The van der Waals surface area contributed by atoms with E-state index in [0.717, 1.165) is 67.0 Å². The SMILES string of the molecule is CC/C(C)=C/C(=O)C(c1ccc(Nc2nc(-c3cccc(NC(=O)c4ccc(C(C)(C)C)cc4)c3C)cn(C)c2=O)cc1)N1CCN(CC)CC1. The number of piperazine rings is 1. The van der Waals surface area contributed by atoms with Crippen LogP contribution < -0.4 is 16.2 Å². The third kappa shape index (κ3) is 8.90. The van der Waals surface area contributed by atoms with Crippen molar-refractivity contribution in [3.05, 3.63) is 117 Å². The van der Waals surface area contributed by atoms with Crippen LogP contribution in [-0.4, -0.2) is 63.8 Å². The third-order valence-electron chi connectivity index (χ3n) is 9.87. The van der Waals surface area contributed by atoms with Gasteiger partial charge in [0.25, 0.3) is 11.5 Å². The summed E-state index contributed by atoms with van der Waals surface area (Å²) >= 11 is 0. The minimum Gasteiger partial charge on any atom is -0.336 e. The predicted molar refractivity (Wildman–Crippen MR) is 208 cm³/mol. The summed E-state index contributed by atoms with van der Waals surface area (Å²) < 4.78 is 1.51. The molecule has 0 saturated carbocycles. The molecule has 1 fully saturated rings. The molecule has 0 bridgehead atoms. The molecular weight excluding hydrogens is 637 g/mol. The Morgan fingerprint density at radius 3 is 2.22 bits per heavy atom. The Morgan fingerprint density at radius 2 is 1.61 bits per heavy atom. The number of ketones is 1. The van der Waals surface area contributed by atoms with E-state index >= 15 is 0 Å². The highest BCUT2D eigenvalue weighted by molar-refractivity contribution is 6.05. The highest BCUT2D eigenvalue weighted by Gasteiger charge is 2.29. The van der Waals surface area contributed by atoms with Gasteiger partial charge in [0, 0.05) is 61.9 Å². The summed E-state index contributed by atoms with van der Waals surface area (Å²) in [5.41, 5.74) is 7.03. The lowest BCUT2D eigenvalue weighted by atomic mass is 9.86. The van der Waals surface area contributed by atoms with Gasteiger partial charge in [0.2, 0.25) is 0 Å². The number of benzene rings is 3. The van der Waals surface area contributed by atoms with Gasteiger partial charge in [-0.05, 0) is 85.3 Å². The second-order valence-corrected chi connectivity index (χ2v) is 14.5. The normalized spacial score (nSPS) is 15.0. The molecule has 5 rings (SSSR count). The van der Waals surface area contributed by atoms with Crippen molar-refractivity contribution in [3.8, 4) is 11.3 Å². The number of rotatable bonds is 11. The molecule has 1 aromatic heterocycles. The monoisotopic (exact) mass is 688 g/mol. The number of aromatic nitrogens is 2. The predicted octanol–water partition coefficient (Wildman–Crippen LogP) is 7.65. The summed E-state index contributed by atoms with van der Waals surface area (Å²) in [5.74, 6) is 0.0782. The largest absolute Gasteiger partial charge is 0.336 e. The van der Waals surface area contributed by atoms with Gasteiger partial charge in [-0.3, -0.25) is 19.3 Å². The number of amides is 1. The highest BCUT2D eigenvalue weighted by Crippen LogP contribution is 2.30. The number of carbonyl (C=O) groups excluding carboxylic acids is 2. The molecular formula is C42H52N6O3. The number of allylic oxidation sites excluding steroid dienone is 1. The van der Waals surface area contributed by atoms with Gasteiger partial charge in [0.05, 0.1) is 11.7 Å². The van der Waals surface area contributed by atoms with E-state index in [0.29, 0.717) is 22.6 Å². The summed E-state index contributed by atoms with van der Waals surface area (Å²) in [5, 5.41) is 6.28. The van der Waals surface area contributed by atoms with Gasteiger partial charge in [-0.15, -0.1) is 0 Å². The fourth-order valence-electron chi connectivity index (χ4n) is 6.38. The number of anilines is 3. The van der Waals surface area contributed by atoms with Crippen molar-refractivity contribution in [1.29, 1.82) is 0 Å². The molecule has 9 heteroatoms. The van der Waals surface area contributed by atoms with Crippen molar-refractivity contribution in [3.63, 3.8) is 0 Å². The first-order chi connectivity index (χ1) is 24.3. The topological polar surface area (TPSA) is 99.6 Å². The molecule has 1 amide bonds. The lowest BCUT2D eigenvalue weighted by Crippen LogP contribution is -2.48. The summed E-state index contributed by atoms with van der Waals surface area (Å²) in [6.45, 7) is 19.1. The van der Waals surface area contributed by atoms with E-state index in [4.69, 9.17) is 4.98 Å². The molecule has 1 aliphatic heterocycles. The molecule has 9 nitrogen and oxygen atoms in total. The molecule has 1 atom stereocenters. The Labute approximate surface area is 302 Å². The van der Waals surface area contributed by atoms with E-state index in [2.05, 4.69) is 55.1 Å². The average Bonchev–Trinajstić information content (AvgIpc) is 3.11. The van der Waals surface area contributed by atoms with Crippen LogP contribution in [0.4, 0.5) is 17.2 Å². The first-order valence-corrected chi connectivity index (χ1v) is 17.9. The summed E-state index contributed by atoms with van der Waals surface area (Å²) in [6.07, 6.45) is 4.32. The lowest BCUT2D eigenvalue weighted by Gasteiger charge is -2.38. The maximum atomic E-state index is 13.6. The molecule has 51 heavy (non-hydrogen) atoms. The summed E-state index contributed by atoms with van der Waals surface area (Å²) in [6, 6.07) is 20.7. The quantitative estimate of drug-likeness (QED) is 0.156. The van der Waals surface area contributed by atoms with E-state index < -0.39 is 0 Å². The number of aryl methyl sites for hydroxylation is 1. The van der Waals surface area contributed by atoms with Crippen LogP contribution in [0.5, 0.6) is 0 Å². The lowest BCUT2D eigenvalue weighted by molar-refractivity contribution is -0.120. The van der Waals surface area contributed by atoms with Gasteiger partial charge in [-0.25, -0.2) is 4.98 Å². The second-order valence-electron chi connectivity index (χ2n) is 14.5. The van der Waals surface area contributed by atoms with Gasteiger partial charge < -0.3 is 20.1 Å². The fourth-order valence-corrected chi connectivity index (χ4v) is 6.38.